The van der Waals surface area contributed by atoms with Gasteiger partial charge in [0.25, 0.3) is 0 Å². The van der Waals surface area contributed by atoms with Gasteiger partial charge in [-0.3, -0.25) is 0 Å². The van der Waals surface area contributed by atoms with Crippen molar-refractivity contribution in [3.05, 3.63) is 64.7 Å². The van der Waals surface area contributed by atoms with Gasteiger partial charge in [0.05, 0.1) is 0 Å². The summed E-state index contributed by atoms with van der Waals surface area (Å²) in [5.74, 6) is 1.53. The van der Waals surface area contributed by atoms with Crippen LogP contribution in [0.3, 0.4) is 0 Å². The molecule has 22 heavy (non-hydrogen) atoms. The molecular formula is C18H23Cl2NO. The lowest BCUT2D eigenvalue weighted by molar-refractivity contribution is 0.306. The van der Waals surface area contributed by atoms with E-state index < -0.39 is 0 Å². The maximum absolute atomic E-state index is 6.11. The molecule has 2 nitrogen and oxygen atoms in total. The van der Waals surface area contributed by atoms with Crippen LogP contribution in [0.15, 0.2) is 48.5 Å². The minimum atomic E-state index is 0. The van der Waals surface area contributed by atoms with Gasteiger partial charge in [-0.1, -0.05) is 55.8 Å². The maximum atomic E-state index is 6.11. The second-order valence-electron chi connectivity index (χ2n) is 5.55. The zero-order valence-electron chi connectivity index (χ0n) is 13.0. The molecular weight excluding hydrogens is 317 g/mol. The predicted molar refractivity (Wildman–Crippen MR) is 96.0 cm³/mol. The highest BCUT2D eigenvalue weighted by atomic mass is 35.5. The number of hydrogen-bond acceptors (Lipinski definition) is 2. The Hall–Kier alpha value is -1.22. The monoisotopic (exact) mass is 339 g/mol. The third kappa shape index (κ3) is 6.27. The molecule has 0 aliphatic heterocycles. The summed E-state index contributed by atoms with van der Waals surface area (Å²) >= 11 is 6.11. The van der Waals surface area contributed by atoms with Gasteiger partial charge in [-0.25, -0.2) is 0 Å². The third-order valence-electron chi connectivity index (χ3n) is 3.16. The van der Waals surface area contributed by atoms with E-state index in [0.717, 1.165) is 29.4 Å². The van der Waals surface area contributed by atoms with Gasteiger partial charge in [-0.05, 0) is 36.2 Å². The van der Waals surface area contributed by atoms with Gasteiger partial charge in [-0.15, -0.1) is 12.4 Å². The zero-order valence-corrected chi connectivity index (χ0v) is 14.6. The summed E-state index contributed by atoms with van der Waals surface area (Å²) in [6.45, 7) is 6.83. The molecule has 0 bridgehead atoms. The van der Waals surface area contributed by atoms with Gasteiger partial charge in [0.15, 0.2) is 0 Å². The molecule has 0 radical (unpaired) electrons. The Morgan fingerprint density at radius 1 is 1.05 bits per heavy atom. The van der Waals surface area contributed by atoms with Crippen LogP contribution in [0, 0.1) is 5.92 Å². The number of halogens is 2. The van der Waals surface area contributed by atoms with E-state index in [-0.39, 0.29) is 12.4 Å². The molecule has 0 aromatic heterocycles. The second-order valence-corrected chi connectivity index (χ2v) is 5.96. The van der Waals surface area contributed by atoms with Gasteiger partial charge in [0.2, 0.25) is 0 Å². The standard InChI is InChI=1S/C18H22ClNO.ClH/c1-14(2)11-20-12-15-7-9-17(10-8-15)21-13-16-5-3-4-6-18(16)19;/h3-10,14,20H,11-13H2,1-2H3;1H. The summed E-state index contributed by atoms with van der Waals surface area (Å²) in [6.07, 6.45) is 0. The van der Waals surface area contributed by atoms with Gasteiger partial charge in [-0.2, -0.15) is 0 Å². The van der Waals surface area contributed by atoms with Crippen molar-refractivity contribution >= 4 is 24.0 Å². The SMILES string of the molecule is CC(C)CNCc1ccc(OCc2ccccc2Cl)cc1.Cl. The fraction of sp³-hybridized carbons (Fsp3) is 0.333. The summed E-state index contributed by atoms with van der Waals surface area (Å²) < 4.78 is 5.77. The molecule has 4 heteroatoms. The van der Waals surface area contributed by atoms with Crippen LogP contribution in [0.1, 0.15) is 25.0 Å². The van der Waals surface area contributed by atoms with Crippen molar-refractivity contribution in [2.45, 2.75) is 27.0 Å². The van der Waals surface area contributed by atoms with Crippen LogP contribution >= 0.6 is 24.0 Å². The highest BCUT2D eigenvalue weighted by molar-refractivity contribution is 6.31. The maximum Gasteiger partial charge on any atom is 0.119 e. The fourth-order valence-electron chi connectivity index (χ4n) is 1.99. The first-order chi connectivity index (χ1) is 10.1. The Labute approximate surface area is 144 Å². The summed E-state index contributed by atoms with van der Waals surface area (Å²) in [7, 11) is 0. The number of rotatable bonds is 7. The summed E-state index contributed by atoms with van der Waals surface area (Å²) in [6, 6.07) is 15.9. The van der Waals surface area contributed by atoms with E-state index >= 15 is 0 Å². The molecule has 0 unspecified atom stereocenters. The largest absolute Gasteiger partial charge is 0.489 e. The first kappa shape index (κ1) is 18.8. The van der Waals surface area contributed by atoms with E-state index in [1.54, 1.807) is 0 Å². The Bertz CT molecular complexity index is 555. The Morgan fingerprint density at radius 2 is 1.73 bits per heavy atom. The summed E-state index contributed by atoms with van der Waals surface area (Å²) in [5, 5.41) is 4.17. The van der Waals surface area contributed by atoms with Crippen LogP contribution in [0.5, 0.6) is 5.75 Å². The first-order valence-corrected chi connectivity index (χ1v) is 7.69. The third-order valence-corrected chi connectivity index (χ3v) is 3.53. The van der Waals surface area contributed by atoms with Crippen LogP contribution in [0.25, 0.3) is 0 Å². The smallest absolute Gasteiger partial charge is 0.119 e. The van der Waals surface area contributed by atoms with E-state index in [1.807, 2.05) is 36.4 Å². The van der Waals surface area contributed by atoms with Crippen molar-refractivity contribution in [2.24, 2.45) is 5.92 Å². The molecule has 2 aromatic carbocycles. The average Bonchev–Trinajstić information content (AvgIpc) is 2.47. The first-order valence-electron chi connectivity index (χ1n) is 7.31. The second kappa shape index (κ2) is 9.73. The van der Waals surface area contributed by atoms with Crippen molar-refractivity contribution < 1.29 is 4.74 Å². The van der Waals surface area contributed by atoms with Crippen LogP contribution < -0.4 is 10.1 Å². The van der Waals surface area contributed by atoms with Gasteiger partial charge < -0.3 is 10.1 Å². The Kier molecular flexibility index (Phi) is 8.32. The van der Waals surface area contributed by atoms with E-state index in [4.69, 9.17) is 16.3 Å². The molecule has 0 aliphatic carbocycles. The average molecular weight is 340 g/mol. The Morgan fingerprint density at radius 3 is 2.36 bits per heavy atom. The van der Waals surface area contributed by atoms with Crippen molar-refractivity contribution in [3.63, 3.8) is 0 Å². The topological polar surface area (TPSA) is 21.3 Å². The van der Waals surface area contributed by atoms with E-state index in [9.17, 15) is 0 Å². The van der Waals surface area contributed by atoms with Gasteiger partial charge in [0, 0.05) is 17.1 Å². The van der Waals surface area contributed by atoms with Crippen LogP contribution in [-0.4, -0.2) is 6.54 Å². The van der Waals surface area contributed by atoms with Crippen LogP contribution in [0.2, 0.25) is 5.02 Å². The fourth-order valence-corrected chi connectivity index (χ4v) is 2.18. The number of ether oxygens (including phenoxy) is 1. The van der Waals surface area contributed by atoms with Gasteiger partial charge >= 0.3 is 0 Å². The minimum absolute atomic E-state index is 0. The lowest BCUT2D eigenvalue weighted by Gasteiger charge is -2.10. The van der Waals surface area contributed by atoms with Crippen LogP contribution in [-0.2, 0) is 13.2 Å². The molecule has 0 spiro atoms. The molecule has 2 rings (SSSR count). The van der Waals surface area contributed by atoms with Crippen molar-refractivity contribution in [1.82, 2.24) is 5.32 Å². The Balaban J connectivity index is 0.00000242. The molecule has 0 amide bonds. The molecule has 0 heterocycles. The molecule has 0 fully saturated rings. The highest BCUT2D eigenvalue weighted by Crippen LogP contribution is 2.18. The number of benzene rings is 2. The zero-order chi connectivity index (χ0) is 15.1. The molecule has 0 aliphatic rings. The van der Waals surface area contributed by atoms with Crippen LogP contribution in [0.4, 0.5) is 0 Å². The quantitative estimate of drug-likeness (QED) is 0.758. The van der Waals surface area contributed by atoms with E-state index in [2.05, 4.69) is 31.3 Å². The lowest BCUT2D eigenvalue weighted by Crippen LogP contribution is -2.18. The van der Waals surface area contributed by atoms with Crippen molar-refractivity contribution in [2.75, 3.05) is 6.54 Å². The highest BCUT2D eigenvalue weighted by Gasteiger charge is 2.01. The van der Waals surface area contributed by atoms with Crippen molar-refractivity contribution in [3.8, 4) is 5.75 Å². The number of hydrogen-bond donors (Lipinski definition) is 1. The molecule has 2 aromatic rings. The lowest BCUT2D eigenvalue weighted by atomic mass is 10.2. The van der Waals surface area contributed by atoms with Gasteiger partial charge in [0.1, 0.15) is 12.4 Å². The summed E-state index contributed by atoms with van der Waals surface area (Å²) in [4.78, 5) is 0. The normalized spacial score (nSPS) is 10.4. The predicted octanol–water partition coefficient (Wildman–Crippen LogP) is 5.09. The van der Waals surface area contributed by atoms with E-state index in [0.29, 0.717) is 12.5 Å². The minimum Gasteiger partial charge on any atom is -0.489 e. The summed E-state index contributed by atoms with van der Waals surface area (Å²) in [5.41, 5.74) is 2.27. The molecule has 0 saturated heterocycles. The van der Waals surface area contributed by atoms with E-state index in [1.165, 1.54) is 5.56 Å². The molecule has 0 atom stereocenters. The van der Waals surface area contributed by atoms with Crippen molar-refractivity contribution in [1.29, 1.82) is 0 Å². The molecule has 1 N–H and O–H groups in total. The molecule has 0 saturated carbocycles. The molecule has 120 valence electrons. The number of nitrogens with one attached hydrogen (secondary N) is 1.